The molecule has 0 radical (unpaired) electrons. The fraction of sp³-hybridized carbons (Fsp3) is 0.367. The van der Waals surface area contributed by atoms with E-state index in [0.717, 1.165) is 41.5 Å². The van der Waals surface area contributed by atoms with Gasteiger partial charge in [0.05, 0.1) is 19.3 Å². The summed E-state index contributed by atoms with van der Waals surface area (Å²) >= 11 is 0. The van der Waals surface area contributed by atoms with Crippen LogP contribution in [0.1, 0.15) is 45.6 Å². The Morgan fingerprint density at radius 2 is 1.77 bits per heavy atom. The summed E-state index contributed by atoms with van der Waals surface area (Å²) < 4.78 is 17.5. The number of hydrogen-bond donors (Lipinski definition) is 3. The van der Waals surface area contributed by atoms with Gasteiger partial charge in [0.25, 0.3) is 0 Å². The molecule has 2 aromatic heterocycles. The van der Waals surface area contributed by atoms with Gasteiger partial charge in [-0.1, -0.05) is 54.6 Å². The zero-order chi connectivity index (χ0) is 27.6. The maximum Gasteiger partial charge on any atom is 0.408 e. The first-order valence-electron chi connectivity index (χ1n) is 13.1. The number of rotatable bonds is 8. The number of nitrogens with zero attached hydrogens (tertiary/aromatic N) is 2. The average molecular weight is 531 g/mol. The third-order valence-electron chi connectivity index (χ3n) is 6.82. The van der Waals surface area contributed by atoms with E-state index < -0.39 is 17.2 Å². The first-order valence-corrected chi connectivity index (χ1v) is 13.1. The van der Waals surface area contributed by atoms with E-state index in [1.54, 1.807) is 7.11 Å². The molecule has 2 aromatic carbocycles. The van der Waals surface area contributed by atoms with Crippen LogP contribution in [0.5, 0.6) is 5.88 Å². The number of benzene rings is 2. The number of aliphatic hydroxyl groups excluding tert-OH is 1. The number of anilines is 1. The number of ether oxygens (including phenoxy) is 2. The van der Waals surface area contributed by atoms with Crippen LogP contribution in [0.2, 0.25) is 0 Å². The highest BCUT2D eigenvalue weighted by Gasteiger charge is 2.41. The normalized spacial score (nSPS) is 14.5. The Balaban J connectivity index is 1.56. The van der Waals surface area contributed by atoms with Crippen LogP contribution in [-0.4, -0.2) is 47.0 Å². The molecule has 0 unspecified atom stereocenters. The second-order valence-electron chi connectivity index (χ2n) is 10.7. The van der Waals surface area contributed by atoms with Crippen molar-refractivity contribution in [1.29, 1.82) is 0 Å². The van der Waals surface area contributed by atoms with Gasteiger partial charge in [0, 0.05) is 17.7 Å². The second kappa shape index (κ2) is 10.6. The number of hydrogen-bond acceptors (Lipinski definition) is 8. The van der Waals surface area contributed by atoms with Crippen LogP contribution in [0.25, 0.3) is 33.6 Å². The zero-order valence-electron chi connectivity index (χ0n) is 22.7. The molecule has 9 heteroatoms. The second-order valence-corrected chi connectivity index (χ2v) is 10.7. The summed E-state index contributed by atoms with van der Waals surface area (Å²) in [5.41, 5.74) is 3.01. The Labute approximate surface area is 227 Å². The summed E-state index contributed by atoms with van der Waals surface area (Å²) in [4.78, 5) is 21.6. The number of amides is 1. The highest BCUT2D eigenvalue weighted by Crippen LogP contribution is 2.45. The minimum Gasteiger partial charge on any atom is -0.480 e. The van der Waals surface area contributed by atoms with E-state index >= 15 is 0 Å². The lowest BCUT2D eigenvalue weighted by Crippen LogP contribution is -2.52. The van der Waals surface area contributed by atoms with E-state index in [0.29, 0.717) is 35.2 Å². The SMILES string of the molecule is COc1nc(NCCO)nc2oc(-c3ccc(C4(NC(=O)OC(C)(C)C)CCC4)cc3)c(-c3ccccc3)c12. The van der Waals surface area contributed by atoms with E-state index in [9.17, 15) is 9.90 Å². The van der Waals surface area contributed by atoms with E-state index in [-0.39, 0.29) is 6.61 Å². The minimum absolute atomic E-state index is 0.0565. The molecule has 1 saturated carbocycles. The van der Waals surface area contributed by atoms with Gasteiger partial charge < -0.3 is 29.6 Å². The molecule has 3 N–H and O–H groups in total. The molecule has 9 nitrogen and oxygen atoms in total. The lowest BCUT2D eigenvalue weighted by molar-refractivity contribution is 0.0377. The molecule has 1 aliphatic rings. The molecule has 0 bridgehead atoms. The third-order valence-corrected chi connectivity index (χ3v) is 6.82. The van der Waals surface area contributed by atoms with E-state index in [1.165, 1.54) is 0 Å². The van der Waals surface area contributed by atoms with Crippen molar-refractivity contribution in [2.24, 2.45) is 0 Å². The van der Waals surface area contributed by atoms with Crippen molar-refractivity contribution >= 4 is 23.1 Å². The van der Waals surface area contributed by atoms with Gasteiger partial charge in [0.15, 0.2) is 0 Å². The first-order chi connectivity index (χ1) is 18.7. The molecule has 5 rings (SSSR count). The maximum absolute atomic E-state index is 12.6. The van der Waals surface area contributed by atoms with Crippen LogP contribution in [0.3, 0.4) is 0 Å². The summed E-state index contributed by atoms with van der Waals surface area (Å²) in [5, 5.41) is 16.0. The Morgan fingerprint density at radius 3 is 2.36 bits per heavy atom. The number of aliphatic hydroxyl groups is 1. The van der Waals surface area contributed by atoms with Gasteiger partial charge in [-0.25, -0.2) is 4.79 Å². The standard InChI is InChI=1S/C30H34N4O5/c1-29(2,3)39-28(36)34-30(15-8-16-30)21-13-11-20(12-14-21)24-22(19-9-6-5-7-10-19)23-25(37-4)32-27(31-17-18-35)33-26(23)38-24/h5-7,9-14,35H,8,15-18H2,1-4H3,(H,34,36)(H,31,32,33). The third kappa shape index (κ3) is 5.40. The number of furan rings is 1. The van der Waals surface area contributed by atoms with Crippen molar-refractivity contribution in [3.8, 4) is 28.3 Å². The van der Waals surface area contributed by atoms with Crippen molar-refractivity contribution in [3.05, 3.63) is 60.2 Å². The molecule has 2 heterocycles. The molecular weight excluding hydrogens is 496 g/mol. The van der Waals surface area contributed by atoms with Crippen LogP contribution in [-0.2, 0) is 10.3 Å². The number of methoxy groups -OCH3 is 1. The minimum atomic E-state index is -0.564. The van der Waals surface area contributed by atoms with Crippen LogP contribution in [0, 0.1) is 0 Å². The lowest BCUT2D eigenvalue weighted by Gasteiger charge is -2.43. The molecule has 0 spiro atoms. The van der Waals surface area contributed by atoms with Crippen molar-refractivity contribution in [2.45, 2.75) is 51.2 Å². The largest absolute Gasteiger partial charge is 0.480 e. The Morgan fingerprint density at radius 1 is 1.05 bits per heavy atom. The highest BCUT2D eigenvalue weighted by molar-refractivity contribution is 6.03. The van der Waals surface area contributed by atoms with Gasteiger partial charge in [-0.05, 0) is 51.2 Å². The molecular formula is C30H34N4O5. The van der Waals surface area contributed by atoms with Gasteiger partial charge in [0.2, 0.25) is 17.5 Å². The molecule has 39 heavy (non-hydrogen) atoms. The van der Waals surface area contributed by atoms with E-state index in [4.69, 9.17) is 13.9 Å². The zero-order valence-corrected chi connectivity index (χ0v) is 22.7. The summed E-state index contributed by atoms with van der Waals surface area (Å²) in [6.07, 6.45) is 2.32. The molecule has 0 saturated heterocycles. The first kappa shape index (κ1) is 26.5. The highest BCUT2D eigenvalue weighted by atomic mass is 16.6. The summed E-state index contributed by atoms with van der Waals surface area (Å²) in [6, 6.07) is 18.0. The van der Waals surface area contributed by atoms with Crippen LogP contribution in [0.15, 0.2) is 59.0 Å². The number of carbonyl (C=O) groups is 1. The van der Waals surface area contributed by atoms with Gasteiger partial charge in [-0.2, -0.15) is 9.97 Å². The quantitative estimate of drug-likeness (QED) is 0.259. The van der Waals surface area contributed by atoms with Gasteiger partial charge >= 0.3 is 6.09 Å². The average Bonchev–Trinajstić information content (AvgIpc) is 3.28. The molecule has 204 valence electrons. The molecule has 1 fully saturated rings. The van der Waals surface area contributed by atoms with Gasteiger partial charge in [0.1, 0.15) is 16.7 Å². The van der Waals surface area contributed by atoms with Gasteiger partial charge in [-0.3, -0.25) is 0 Å². The molecule has 0 atom stereocenters. The Bertz CT molecular complexity index is 1450. The summed E-state index contributed by atoms with van der Waals surface area (Å²) in [5.74, 6) is 1.32. The Kier molecular flexibility index (Phi) is 7.18. The van der Waals surface area contributed by atoms with Crippen LogP contribution >= 0.6 is 0 Å². The molecule has 1 amide bonds. The van der Waals surface area contributed by atoms with E-state index in [2.05, 4.69) is 20.6 Å². The van der Waals surface area contributed by atoms with Crippen molar-refractivity contribution in [1.82, 2.24) is 15.3 Å². The summed E-state index contributed by atoms with van der Waals surface area (Å²) in [6.45, 7) is 5.82. The smallest absolute Gasteiger partial charge is 0.408 e. The number of fused-ring (bicyclic) bond motifs is 1. The number of nitrogens with one attached hydrogen (secondary N) is 2. The van der Waals surface area contributed by atoms with Crippen LogP contribution < -0.4 is 15.4 Å². The van der Waals surface area contributed by atoms with Gasteiger partial charge in [-0.15, -0.1) is 0 Å². The Hall–Kier alpha value is -4.11. The van der Waals surface area contributed by atoms with Crippen molar-refractivity contribution < 1.29 is 23.8 Å². The van der Waals surface area contributed by atoms with E-state index in [1.807, 2.05) is 75.4 Å². The molecule has 4 aromatic rings. The predicted molar refractivity (Wildman–Crippen MR) is 150 cm³/mol. The number of aromatic nitrogens is 2. The topological polar surface area (TPSA) is 119 Å². The van der Waals surface area contributed by atoms with Crippen molar-refractivity contribution in [2.75, 3.05) is 25.6 Å². The summed E-state index contributed by atoms with van der Waals surface area (Å²) in [7, 11) is 1.56. The molecule has 1 aliphatic carbocycles. The van der Waals surface area contributed by atoms with Crippen LogP contribution in [0.4, 0.5) is 10.7 Å². The fourth-order valence-electron chi connectivity index (χ4n) is 4.90. The lowest BCUT2D eigenvalue weighted by atomic mass is 9.71. The monoisotopic (exact) mass is 530 g/mol. The fourth-order valence-corrected chi connectivity index (χ4v) is 4.90. The molecule has 0 aliphatic heterocycles. The number of alkyl carbamates (subject to hydrolysis) is 1. The predicted octanol–water partition coefficient (Wildman–Crippen LogP) is 5.87. The maximum atomic E-state index is 12.6. The van der Waals surface area contributed by atoms with Crippen molar-refractivity contribution in [3.63, 3.8) is 0 Å². The number of carbonyl (C=O) groups excluding carboxylic acids is 1.